The van der Waals surface area contributed by atoms with E-state index in [4.69, 9.17) is 23.2 Å². The van der Waals surface area contributed by atoms with Crippen LogP contribution < -0.4 is 10.2 Å². The second-order valence-electron chi connectivity index (χ2n) is 6.11. The molecule has 0 saturated carbocycles. The lowest BCUT2D eigenvalue weighted by atomic mass is 10.1. The van der Waals surface area contributed by atoms with Gasteiger partial charge in [0.15, 0.2) is 0 Å². The van der Waals surface area contributed by atoms with Gasteiger partial charge in [0.1, 0.15) is 0 Å². The fourth-order valence-corrected chi connectivity index (χ4v) is 4.24. The molecule has 136 valence electrons. The van der Waals surface area contributed by atoms with Gasteiger partial charge >= 0.3 is 0 Å². The van der Waals surface area contributed by atoms with Crippen LogP contribution in [-0.4, -0.2) is 18.4 Å². The number of halogens is 2. The van der Waals surface area contributed by atoms with E-state index in [0.717, 1.165) is 17.7 Å². The van der Waals surface area contributed by atoms with E-state index >= 15 is 0 Å². The van der Waals surface area contributed by atoms with E-state index in [1.165, 1.54) is 17.4 Å². The topological polar surface area (TPSA) is 49.4 Å². The third kappa shape index (κ3) is 3.58. The standard InChI is InChI=1S/C20H14Cl2N2O2S/c21-13-4-6-15(16(22)10-13)19(25)23-14-5-3-12-7-8-24(17(12)11-14)20(26)18-2-1-9-27-18/h1-6,9-11H,7-8H2,(H,23,25). The highest BCUT2D eigenvalue weighted by Gasteiger charge is 2.26. The van der Waals surface area contributed by atoms with Gasteiger partial charge in [-0.15, -0.1) is 11.3 Å². The number of fused-ring (bicyclic) bond motifs is 1. The second kappa shape index (κ2) is 7.35. The van der Waals surface area contributed by atoms with Gasteiger partial charge in [-0.1, -0.05) is 35.3 Å². The molecule has 1 N–H and O–H groups in total. The molecule has 0 atom stereocenters. The van der Waals surface area contributed by atoms with E-state index in [1.54, 1.807) is 17.0 Å². The minimum absolute atomic E-state index is 0.0204. The first-order chi connectivity index (χ1) is 13.0. The molecule has 1 aliphatic rings. The Balaban J connectivity index is 1.58. The average molecular weight is 417 g/mol. The summed E-state index contributed by atoms with van der Waals surface area (Å²) in [6.07, 6.45) is 0.795. The van der Waals surface area contributed by atoms with Crippen LogP contribution in [-0.2, 0) is 6.42 Å². The van der Waals surface area contributed by atoms with Crippen LogP contribution in [0.2, 0.25) is 10.0 Å². The van der Waals surface area contributed by atoms with Gasteiger partial charge in [-0.25, -0.2) is 0 Å². The Labute approximate surface area is 170 Å². The molecule has 1 aromatic heterocycles. The summed E-state index contributed by atoms with van der Waals surface area (Å²) in [4.78, 5) is 27.7. The Bertz CT molecular complexity index is 1030. The van der Waals surface area contributed by atoms with Crippen LogP contribution in [0.25, 0.3) is 0 Å². The van der Waals surface area contributed by atoms with Crippen LogP contribution in [0.1, 0.15) is 25.6 Å². The number of amides is 2. The summed E-state index contributed by atoms with van der Waals surface area (Å²) in [5, 5.41) is 5.48. The summed E-state index contributed by atoms with van der Waals surface area (Å²) in [7, 11) is 0. The van der Waals surface area contributed by atoms with Gasteiger partial charge < -0.3 is 10.2 Å². The number of thiophene rings is 1. The number of rotatable bonds is 3. The zero-order valence-electron chi connectivity index (χ0n) is 14.0. The Morgan fingerprint density at radius 3 is 2.67 bits per heavy atom. The van der Waals surface area contributed by atoms with Crippen LogP contribution in [0.4, 0.5) is 11.4 Å². The second-order valence-corrected chi connectivity index (χ2v) is 7.90. The van der Waals surface area contributed by atoms with E-state index in [-0.39, 0.29) is 16.8 Å². The molecule has 0 fully saturated rings. The number of carbonyl (C=O) groups excluding carboxylic acids is 2. The van der Waals surface area contributed by atoms with Crippen molar-refractivity contribution in [1.29, 1.82) is 0 Å². The zero-order valence-corrected chi connectivity index (χ0v) is 16.4. The summed E-state index contributed by atoms with van der Waals surface area (Å²) < 4.78 is 0. The highest BCUT2D eigenvalue weighted by molar-refractivity contribution is 7.12. The molecule has 0 bridgehead atoms. The summed E-state index contributed by atoms with van der Waals surface area (Å²) >= 11 is 13.4. The molecule has 2 amide bonds. The predicted octanol–water partition coefficient (Wildman–Crippen LogP) is 5.51. The van der Waals surface area contributed by atoms with Crippen molar-refractivity contribution in [2.75, 3.05) is 16.8 Å². The van der Waals surface area contributed by atoms with Gasteiger partial charge in [0.05, 0.1) is 15.5 Å². The molecular formula is C20H14Cl2N2O2S. The summed E-state index contributed by atoms with van der Waals surface area (Å²) in [6.45, 7) is 0.631. The van der Waals surface area contributed by atoms with Crippen molar-refractivity contribution >= 4 is 57.7 Å². The Hall–Kier alpha value is -2.34. The summed E-state index contributed by atoms with van der Waals surface area (Å²) in [5.41, 5.74) is 2.86. The smallest absolute Gasteiger partial charge is 0.268 e. The highest BCUT2D eigenvalue weighted by Crippen LogP contribution is 2.33. The molecule has 27 heavy (non-hydrogen) atoms. The van der Waals surface area contributed by atoms with E-state index in [1.807, 2.05) is 35.7 Å². The van der Waals surface area contributed by atoms with Crippen molar-refractivity contribution in [3.05, 3.63) is 80.0 Å². The lowest BCUT2D eigenvalue weighted by molar-refractivity contribution is 0.0991. The van der Waals surface area contributed by atoms with Crippen molar-refractivity contribution in [1.82, 2.24) is 0 Å². The third-order valence-corrected chi connectivity index (χ3v) is 5.80. The molecule has 4 nitrogen and oxygen atoms in total. The van der Waals surface area contributed by atoms with Crippen molar-refractivity contribution in [2.45, 2.75) is 6.42 Å². The maximum absolute atomic E-state index is 12.7. The van der Waals surface area contributed by atoms with Crippen LogP contribution in [0.5, 0.6) is 0 Å². The first-order valence-electron chi connectivity index (χ1n) is 8.27. The average Bonchev–Trinajstić information content (AvgIpc) is 3.31. The zero-order chi connectivity index (χ0) is 19.0. The SMILES string of the molecule is O=C(Nc1ccc2c(c1)N(C(=O)c1cccs1)CC2)c1ccc(Cl)cc1Cl. The number of hydrogen-bond donors (Lipinski definition) is 1. The van der Waals surface area contributed by atoms with Crippen LogP contribution >= 0.6 is 34.5 Å². The van der Waals surface area contributed by atoms with Crippen molar-refractivity contribution in [3.8, 4) is 0 Å². The summed E-state index contributed by atoms with van der Waals surface area (Å²) in [6, 6.07) is 14.0. The first-order valence-corrected chi connectivity index (χ1v) is 9.91. The molecule has 4 rings (SSSR count). The number of nitrogens with one attached hydrogen (secondary N) is 1. The van der Waals surface area contributed by atoms with Gasteiger partial charge in [-0.05, 0) is 53.8 Å². The minimum Gasteiger partial charge on any atom is -0.322 e. The van der Waals surface area contributed by atoms with Crippen LogP contribution in [0.3, 0.4) is 0 Å². The molecule has 0 aliphatic carbocycles. The van der Waals surface area contributed by atoms with Gasteiger partial charge in [-0.2, -0.15) is 0 Å². The van der Waals surface area contributed by atoms with E-state index in [0.29, 0.717) is 27.7 Å². The van der Waals surface area contributed by atoms with E-state index in [2.05, 4.69) is 5.32 Å². The Kier molecular flexibility index (Phi) is 4.91. The van der Waals surface area contributed by atoms with Crippen molar-refractivity contribution in [2.24, 2.45) is 0 Å². The molecule has 0 saturated heterocycles. The van der Waals surface area contributed by atoms with E-state index < -0.39 is 0 Å². The highest BCUT2D eigenvalue weighted by atomic mass is 35.5. The number of benzene rings is 2. The largest absolute Gasteiger partial charge is 0.322 e. The number of hydrogen-bond acceptors (Lipinski definition) is 3. The normalized spacial score (nSPS) is 12.7. The molecule has 0 spiro atoms. The first kappa shape index (κ1) is 18.0. The Morgan fingerprint density at radius 1 is 1.07 bits per heavy atom. The molecule has 1 aliphatic heterocycles. The van der Waals surface area contributed by atoms with Crippen LogP contribution in [0, 0.1) is 0 Å². The molecule has 0 radical (unpaired) electrons. The van der Waals surface area contributed by atoms with Crippen molar-refractivity contribution < 1.29 is 9.59 Å². The van der Waals surface area contributed by atoms with E-state index in [9.17, 15) is 9.59 Å². The minimum atomic E-state index is -0.328. The quantitative estimate of drug-likeness (QED) is 0.611. The molecule has 2 aromatic carbocycles. The molecule has 0 unspecified atom stereocenters. The predicted molar refractivity (Wildman–Crippen MR) is 111 cm³/mol. The molecular weight excluding hydrogens is 403 g/mol. The number of anilines is 2. The lowest BCUT2D eigenvalue weighted by Gasteiger charge is -2.17. The fraction of sp³-hybridized carbons (Fsp3) is 0.100. The number of carbonyl (C=O) groups is 2. The Morgan fingerprint density at radius 2 is 1.93 bits per heavy atom. The maximum Gasteiger partial charge on any atom is 0.268 e. The molecule has 7 heteroatoms. The van der Waals surface area contributed by atoms with Gasteiger partial charge in [0.25, 0.3) is 11.8 Å². The number of nitrogens with zero attached hydrogens (tertiary/aromatic N) is 1. The van der Waals surface area contributed by atoms with Gasteiger partial charge in [-0.3, -0.25) is 9.59 Å². The third-order valence-electron chi connectivity index (χ3n) is 4.39. The maximum atomic E-state index is 12.7. The fourth-order valence-electron chi connectivity index (χ4n) is 3.07. The summed E-state index contributed by atoms with van der Waals surface area (Å²) in [5.74, 6) is -0.348. The monoisotopic (exact) mass is 416 g/mol. The lowest BCUT2D eigenvalue weighted by Crippen LogP contribution is -2.28. The van der Waals surface area contributed by atoms with Crippen LogP contribution in [0.15, 0.2) is 53.9 Å². The van der Waals surface area contributed by atoms with Gasteiger partial charge in [0, 0.05) is 22.9 Å². The molecule has 3 aromatic rings. The van der Waals surface area contributed by atoms with Gasteiger partial charge in [0.2, 0.25) is 0 Å². The van der Waals surface area contributed by atoms with Crippen molar-refractivity contribution in [3.63, 3.8) is 0 Å². The molecule has 2 heterocycles.